The average molecular weight is 322 g/mol. The summed E-state index contributed by atoms with van der Waals surface area (Å²) in [5, 5.41) is 2.70. The molecule has 0 aliphatic heterocycles. The first-order valence-electron chi connectivity index (χ1n) is 7.11. The lowest BCUT2D eigenvalue weighted by Crippen LogP contribution is -2.32. The van der Waals surface area contributed by atoms with Crippen LogP contribution in [0.5, 0.6) is 0 Å². The maximum absolute atomic E-state index is 12.2. The summed E-state index contributed by atoms with van der Waals surface area (Å²) in [6, 6.07) is 11.8. The number of thiophene rings is 1. The van der Waals surface area contributed by atoms with Crippen molar-refractivity contribution in [3.63, 3.8) is 0 Å². The third-order valence-corrected chi connectivity index (χ3v) is 4.54. The molecule has 0 atom stereocenters. The van der Waals surface area contributed by atoms with E-state index in [-0.39, 0.29) is 5.78 Å². The predicted octanol–water partition coefficient (Wildman–Crippen LogP) is 4.88. The summed E-state index contributed by atoms with van der Waals surface area (Å²) in [5.74, 6) is 0.148. The Kier molecular flexibility index (Phi) is 5.97. The third-order valence-electron chi connectivity index (χ3n) is 3.44. The summed E-state index contributed by atoms with van der Waals surface area (Å²) in [6.45, 7) is 5.99. The second kappa shape index (κ2) is 7.74. The fraction of sp³-hybridized carbons (Fsp3) is 0.353. The van der Waals surface area contributed by atoms with Crippen molar-refractivity contribution >= 4 is 28.7 Å². The molecule has 2 aromatic rings. The molecule has 0 spiro atoms. The van der Waals surface area contributed by atoms with Crippen molar-refractivity contribution in [1.82, 2.24) is 4.90 Å². The van der Waals surface area contributed by atoms with E-state index in [0.717, 1.165) is 13.1 Å². The lowest BCUT2D eigenvalue weighted by molar-refractivity contribution is 0.0953. The number of hydrogen-bond donors (Lipinski definition) is 0. The molecule has 1 aromatic heterocycles. The van der Waals surface area contributed by atoms with Crippen LogP contribution in [0.1, 0.15) is 35.5 Å². The highest BCUT2D eigenvalue weighted by Gasteiger charge is 2.14. The second-order valence-electron chi connectivity index (χ2n) is 5.33. The van der Waals surface area contributed by atoms with Gasteiger partial charge in [0.05, 0.1) is 0 Å². The SMILES string of the molecule is CC(C)N(CCC(=O)c1cccc(Cl)c1)Cc1cccs1. The Morgan fingerprint density at radius 1 is 1.29 bits per heavy atom. The number of benzene rings is 1. The number of nitrogens with zero attached hydrogens (tertiary/aromatic N) is 1. The van der Waals surface area contributed by atoms with E-state index in [1.54, 1.807) is 23.5 Å². The number of ketones is 1. The Bertz CT molecular complexity index is 580. The minimum Gasteiger partial charge on any atom is -0.295 e. The molecule has 0 fully saturated rings. The minimum atomic E-state index is 0.148. The van der Waals surface area contributed by atoms with Crippen LogP contribution in [-0.2, 0) is 6.54 Å². The van der Waals surface area contributed by atoms with Gasteiger partial charge in [-0.2, -0.15) is 0 Å². The fourth-order valence-corrected chi connectivity index (χ4v) is 3.09. The molecule has 0 saturated heterocycles. The summed E-state index contributed by atoms with van der Waals surface area (Å²) >= 11 is 7.69. The second-order valence-corrected chi connectivity index (χ2v) is 6.80. The van der Waals surface area contributed by atoms with Crippen molar-refractivity contribution in [2.45, 2.75) is 32.9 Å². The van der Waals surface area contributed by atoms with Crippen molar-refractivity contribution in [2.75, 3.05) is 6.54 Å². The Balaban J connectivity index is 1.94. The van der Waals surface area contributed by atoms with Gasteiger partial charge in [0, 0.05) is 41.0 Å². The Morgan fingerprint density at radius 3 is 2.71 bits per heavy atom. The first-order valence-corrected chi connectivity index (χ1v) is 8.37. The normalized spacial score (nSPS) is 11.3. The molecule has 112 valence electrons. The van der Waals surface area contributed by atoms with Gasteiger partial charge in [0.1, 0.15) is 0 Å². The molecule has 1 heterocycles. The molecule has 1 aromatic carbocycles. The zero-order valence-corrected chi connectivity index (χ0v) is 14.0. The highest BCUT2D eigenvalue weighted by Crippen LogP contribution is 2.16. The molecule has 0 bridgehead atoms. The van der Waals surface area contributed by atoms with Crippen LogP contribution >= 0.6 is 22.9 Å². The first kappa shape index (κ1) is 16.2. The number of halogens is 1. The quantitative estimate of drug-likeness (QED) is 0.677. The lowest BCUT2D eigenvalue weighted by atomic mass is 10.1. The minimum absolute atomic E-state index is 0.148. The van der Waals surface area contributed by atoms with Gasteiger partial charge in [-0.3, -0.25) is 9.69 Å². The molecule has 0 radical (unpaired) electrons. The van der Waals surface area contributed by atoms with E-state index in [0.29, 0.717) is 23.0 Å². The molecule has 2 nitrogen and oxygen atoms in total. The standard InChI is InChI=1S/C17H20ClNOS/c1-13(2)19(12-16-7-4-10-21-16)9-8-17(20)14-5-3-6-15(18)11-14/h3-7,10-11,13H,8-9,12H2,1-2H3. The summed E-state index contributed by atoms with van der Waals surface area (Å²) < 4.78 is 0. The molecule has 0 aliphatic rings. The van der Waals surface area contributed by atoms with Gasteiger partial charge in [0.25, 0.3) is 0 Å². The van der Waals surface area contributed by atoms with E-state index in [1.807, 2.05) is 12.1 Å². The van der Waals surface area contributed by atoms with Crippen LogP contribution in [0.2, 0.25) is 5.02 Å². The van der Waals surface area contributed by atoms with Gasteiger partial charge in [0.2, 0.25) is 0 Å². The number of hydrogen-bond acceptors (Lipinski definition) is 3. The van der Waals surface area contributed by atoms with Crippen LogP contribution in [0.4, 0.5) is 0 Å². The molecular formula is C17H20ClNOS. The molecule has 4 heteroatoms. The Labute approximate surface area is 135 Å². The molecule has 0 N–H and O–H groups in total. The van der Waals surface area contributed by atoms with E-state index in [4.69, 9.17) is 11.6 Å². The van der Waals surface area contributed by atoms with E-state index in [1.165, 1.54) is 4.88 Å². The Hall–Kier alpha value is -1.16. The topological polar surface area (TPSA) is 20.3 Å². The maximum Gasteiger partial charge on any atom is 0.164 e. The number of rotatable bonds is 7. The van der Waals surface area contributed by atoms with Crippen LogP contribution in [0.25, 0.3) is 0 Å². The van der Waals surface area contributed by atoms with E-state index < -0.39 is 0 Å². The molecule has 0 saturated carbocycles. The lowest BCUT2D eigenvalue weighted by Gasteiger charge is -2.25. The molecule has 21 heavy (non-hydrogen) atoms. The van der Waals surface area contributed by atoms with Crippen molar-refractivity contribution in [1.29, 1.82) is 0 Å². The average Bonchev–Trinajstić information content (AvgIpc) is 2.95. The number of Topliss-reactive ketones (excluding diaryl/α,β-unsaturated/α-hetero) is 1. The van der Waals surface area contributed by atoms with Crippen molar-refractivity contribution < 1.29 is 4.79 Å². The fourth-order valence-electron chi connectivity index (χ4n) is 2.17. The first-order chi connectivity index (χ1) is 10.1. The van der Waals surface area contributed by atoms with E-state index in [9.17, 15) is 4.79 Å². The van der Waals surface area contributed by atoms with Crippen LogP contribution in [0, 0.1) is 0 Å². The van der Waals surface area contributed by atoms with Crippen LogP contribution in [0.15, 0.2) is 41.8 Å². The van der Waals surface area contributed by atoms with E-state index in [2.05, 4.69) is 36.3 Å². The molecule has 0 unspecified atom stereocenters. The highest BCUT2D eigenvalue weighted by molar-refractivity contribution is 7.09. The highest BCUT2D eigenvalue weighted by atomic mass is 35.5. The monoisotopic (exact) mass is 321 g/mol. The third kappa shape index (κ3) is 4.95. The van der Waals surface area contributed by atoms with Crippen molar-refractivity contribution in [3.8, 4) is 0 Å². The summed E-state index contributed by atoms with van der Waals surface area (Å²) in [6.07, 6.45) is 0.518. The van der Waals surface area contributed by atoms with Crippen molar-refractivity contribution in [2.24, 2.45) is 0 Å². The van der Waals surface area contributed by atoms with Gasteiger partial charge in [-0.1, -0.05) is 29.8 Å². The van der Waals surface area contributed by atoms with Crippen molar-refractivity contribution in [3.05, 3.63) is 57.2 Å². The Morgan fingerprint density at radius 2 is 2.10 bits per heavy atom. The van der Waals surface area contributed by atoms with Gasteiger partial charge in [-0.15, -0.1) is 11.3 Å². The van der Waals surface area contributed by atoms with Crippen LogP contribution in [-0.4, -0.2) is 23.3 Å². The van der Waals surface area contributed by atoms with E-state index >= 15 is 0 Å². The van der Waals surface area contributed by atoms with Gasteiger partial charge in [-0.05, 0) is 37.4 Å². The molecule has 2 rings (SSSR count). The number of carbonyl (C=O) groups excluding carboxylic acids is 1. The summed E-state index contributed by atoms with van der Waals surface area (Å²) in [5.41, 5.74) is 0.697. The molecular weight excluding hydrogens is 302 g/mol. The van der Waals surface area contributed by atoms with Gasteiger partial charge in [-0.25, -0.2) is 0 Å². The molecule has 0 aliphatic carbocycles. The van der Waals surface area contributed by atoms with Gasteiger partial charge >= 0.3 is 0 Å². The zero-order valence-electron chi connectivity index (χ0n) is 12.4. The van der Waals surface area contributed by atoms with Crippen LogP contribution < -0.4 is 0 Å². The van der Waals surface area contributed by atoms with Crippen LogP contribution in [0.3, 0.4) is 0 Å². The zero-order chi connectivity index (χ0) is 15.2. The summed E-state index contributed by atoms with van der Waals surface area (Å²) in [7, 11) is 0. The maximum atomic E-state index is 12.2. The number of carbonyl (C=O) groups is 1. The largest absolute Gasteiger partial charge is 0.295 e. The molecule has 0 amide bonds. The summed E-state index contributed by atoms with van der Waals surface area (Å²) in [4.78, 5) is 15.9. The predicted molar refractivity (Wildman–Crippen MR) is 90.3 cm³/mol. The van der Waals surface area contributed by atoms with Gasteiger partial charge in [0.15, 0.2) is 5.78 Å². The van der Waals surface area contributed by atoms with Gasteiger partial charge < -0.3 is 0 Å². The smallest absolute Gasteiger partial charge is 0.164 e.